The zero-order valence-corrected chi connectivity index (χ0v) is 12.0. The van der Waals surface area contributed by atoms with Crippen molar-refractivity contribution < 1.29 is 4.74 Å². The van der Waals surface area contributed by atoms with E-state index in [1.54, 1.807) is 0 Å². The van der Waals surface area contributed by atoms with Crippen LogP contribution in [0.15, 0.2) is 24.3 Å². The van der Waals surface area contributed by atoms with Crippen LogP contribution in [0.3, 0.4) is 0 Å². The van der Waals surface area contributed by atoms with Crippen LogP contribution in [0.25, 0.3) is 0 Å². The molecule has 1 aromatic carbocycles. The van der Waals surface area contributed by atoms with E-state index < -0.39 is 0 Å². The number of hydrogen-bond donors (Lipinski definition) is 1. The van der Waals surface area contributed by atoms with Crippen LogP contribution in [-0.2, 0) is 11.2 Å². The Morgan fingerprint density at radius 2 is 2.00 bits per heavy atom. The minimum absolute atomic E-state index is 0.664. The summed E-state index contributed by atoms with van der Waals surface area (Å²) in [6, 6.07) is 8.69. The van der Waals surface area contributed by atoms with Gasteiger partial charge in [-0.2, -0.15) is 0 Å². The lowest BCUT2D eigenvalue weighted by Gasteiger charge is -2.18. The van der Waals surface area contributed by atoms with Crippen LogP contribution < -0.4 is 5.32 Å². The Morgan fingerprint density at radius 1 is 1.22 bits per heavy atom. The summed E-state index contributed by atoms with van der Waals surface area (Å²) in [5.41, 5.74) is 2.87. The molecule has 0 saturated heterocycles. The van der Waals surface area contributed by atoms with Gasteiger partial charge in [-0.25, -0.2) is 0 Å². The summed E-state index contributed by atoms with van der Waals surface area (Å²) in [6.07, 6.45) is 2.28. The van der Waals surface area contributed by atoms with Crippen molar-refractivity contribution in [1.29, 1.82) is 0 Å². The lowest BCUT2D eigenvalue weighted by atomic mass is 9.94. The Hall–Kier alpha value is -0.860. The first kappa shape index (κ1) is 15.2. The molecule has 0 saturated carbocycles. The van der Waals surface area contributed by atoms with Crippen molar-refractivity contribution in [3.63, 3.8) is 0 Å². The minimum atomic E-state index is 0.664. The van der Waals surface area contributed by atoms with Crippen LogP contribution in [0.5, 0.6) is 0 Å². The van der Waals surface area contributed by atoms with E-state index in [0.29, 0.717) is 5.92 Å². The molecule has 0 aliphatic carbocycles. The molecule has 0 fully saturated rings. The standard InChI is InChI=1S/C16H27NO/c1-4-17-13-15(10-11-18-5-2)12-16-9-7-6-8-14(16)3/h6-9,15,17H,4-5,10-13H2,1-3H3. The molecule has 0 amide bonds. The maximum Gasteiger partial charge on any atom is 0.0469 e. The van der Waals surface area contributed by atoms with Crippen LogP contribution in [0.1, 0.15) is 31.4 Å². The summed E-state index contributed by atoms with van der Waals surface area (Å²) < 4.78 is 5.48. The van der Waals surface area contributed by atoms with Gasteiger partial charge in [0.2, 0.25) is 0 Å². The van der Waals surface area contributed by atoms with Gasteiger partial charge in [-0.15, -0.1) is 0 Å². The fourth-order valence-electron chi connectivity index (χ4n) is 2.17. The normalized spacial score (nSPS) is 12.6. The first-order chi connectivity index (χ1) is 8.77. The number of nitrogens with one attached hydrogen (secondary N) is 1. The monoisotopic (exact) mass is 249 g/mol. The molecule has 0 spiro atoms. The molecule has 1 rings (SSSR count). The summed E-state index contributed by atoms with van der Waals surface area (Å²) in [6.45, 7) is 10.2. The molecule has 1 aromatic rings. The fraction of sp³-hybridized carbons (Fsp3) is 0.625. The van der Waals surface area contributed by atoms with E-state index in [2.05, 4.69) is 50.4 Å². The minimum Gasteiger partial charge on any atom is -0.382 e. The Bertz CT molecular complexity index is 325. The highest BCUT2D eigenvalue weighted by Gasteiger charge is 2.10. The highest BCUT2D eigenvalue weighted by Crippen LogP contribution is 2.15. The van der Waals surface area contributed by atoms with Crippen molar-refractivity contribution >= 4 is 0 Å². The third-order valence-corrected chi connectivity index (χ3v) is 3.33. The van der Waals surface area contributed by atoms with Gasteiger partial charge >= 0.3 is 0 Å². The summed E-state index contributed by atoms with van der Waals surface area (Å²) in [5.74, 6) is 0.664. The summed E-state index contributed by atoms with van der Waals surface area (Å²) >= 11 is 0. The second-order valence-electron chi connectivity index (χ2n) is 4.79. The largest absolute Gasteiger partial charge is 0.382 e. The van der Waals surface area contributed by atoms with E-state index in [1.165, 1.54) is 11.1 Å². The van der Waals surface area contributed by atoms with E-state index in [-0.39, 0.29) is 0 Å². The lowest BCUT2D eigenvalue weighted by molar-refractivity contribution is 0.131. The Morgan fingerprint density at radius 3 is 2.67 bits per heavy atom. The average Bonchev–Trinajstić information content (AvgIpc) is 2.38. The Labute approximate surface area is 112 Å². The molecule has 2 nitrogen and oxygen atoms in total. The highest BCUT2D eigenvalue weighted by molar-refractivity contribution is 5.25. The number of ether oxygens (including phenoxy) is 1. The third kappa shape index (κ3) is 5.65. The first-order valence-electron chi connectivity index (χ1n) is 7.10. The molecule has 0 bridgehead atoms. The maximum absolute atomic E-state index is 5.48. The van der Waals surface area contributed by atoms with Gasteiger partial charge in [-0.05, 0) is 56.8 Å². The Balaban J connectivity index is 2.51. The van der Waals surface area contributed by atoms with Crippen molar-refractivity contribution in [3.8, 4) is 0 Å². The van der Waals surface area contributed by atoms with Crippen molar-refractivity contribution in [3.05, 3.63) is 35.4 Å². The van der Waals surface area contributed by atoms with Crippen molar-refractivity contribution in [2.24, 2.45) is 5.92 Å². The first-order valence-corrected chi connectivity index (χ1v) is 7.10. The second-order valence-corrected chi connectivity index (χ2v) is 4.79. The molecule has 2 heteroatoms. The predicted octanol–water partition coefficient (Wildman–Crippen LogP) is 3.19. The summed E-state index contributed by atoms with van der Waals surface area (Å²) in [5, 5.41) is 3.46. The zero-order chi connectivity index (χ0) is 13.2. The number of aryl methyl sites for hydroxylation is 1. The second kappa shape index (κ2) is 9.12. The lowest BCUT2D eigenvalue weighted by Crippen LogP contribution is -2.25. The molecular formula is C16H27NO. The highest BCUT2D eigenvalue weighted by atomic mass is 16.5. The van der Waals surface area contributed by atoms with Gasteiger partial charge in [0.05, 0.1) is 0 Å². The van der Waals surface area contributed by atoms with Crippen LogP contribution >= 0.6 is 0 Å². The number of benzene rings is 1. The van der Waals surface area contributed by atoms with E-state index in [1.807, 2.05) is 0 Å². The summed E-state index contributed by atoms with van der Waals surface area (Å²) in [4.78, 5) is 0. The van der Waals surface area contributed by atoms with E-state index >= 15 is 0 Å². The average molecular weight is 249 g/mol. The van der Waals surface area contributed by atoms with Crippen molar-refractivity contribution in [1.82, 2.24) is 5.32 Å². The zero-order valence-electron chi connectivity index (χ0n) is 12.0. The number of hydrogen-bond acceptors (Lipinski definition) is 2. The van der Waals surface area contributed by atoms with Gasteiger partial charge in [0.15, 0.2) is 0 Å². The molecule has 0 aliphatic rings. The van der Waals surface area contributed by atoms with Crippen LogP contribution in [-0.4, -0.2) is 26.3 Å². The molecule has 0 heterocycles. The molecule has 18 heavy (non-hydrogen) atoms. The van der Waals surface area contributed by atoms with Crippen LogP contribution in [0.4, 0.5) is 0 Å². The van der Waals surface area contributed by atoms with Gasteiger partial charge in [0, 0.05) is 13.2 Å². The molecule has 0 radical (unpaired) electrons. The summed E-state index contributed by atoms with van der Waals surface area (Å²) in [7, 11) is 0. The van der Waals surface area contributed by atoms with Gasteiger partial charge in [0.25, 0.3) is 0 Å². The molecule has 1 unspecified atom stereocenters. The van der Waals surface area contributed by atoms with Crippen LogP contribution in [0.2, 0.25) is 0 Å². The quantitative estimate of drug-likeness (QED) is 0.679. The molecule has 0 aromatic heterocycles. The van der Waals surface area contributed by atoms with E-state index in [4.69, 9.17) is 4.74 Å². The SMILES string of the molecule is CCNCC(CCOCC)Cc1ccccc1C. The molecular weight excluding hydrogens is 222 g/mol. The molecule has 102 valence electrons. The molecule has 1 N–H and O–H groups in total. The Kier molecular flexibility index (Phi) is 7.70. The van der Waals surface area contributed by atoms with Gasteiger partial charge in [-0.1, -0.05) is 31.2 Å². The van der Waals surface area contributed by atoms with Crippen molar-refractivity contribution in [2.75, 3.05) is 26.3 Å². The van der Waals surface area contributed by atoms with E-state index in [9.17, 15) is 0 Å². The van der Waals surface area contributed by atoms with Gasteiger partial charge < -0.3 is 10.1 Å². The predicted molar refractivity (Wildman–Crippen MR) is 78.0 cm³/mol. The fourth-order valence-corrected chi connectivity index (χ4v) is 2.17. The van der Waals surface area contributed by atoms with Crippen molar-refractivity contribution in [2.45, 2.75) is 33.6 Å². The number of rotatable bonds is 9. The van der Waals surface area contributed by atoms with E-state index in [0.717, 1.165) is 39.1 Å². The van der Waals surface area contributed by atoms with Gasteiger partial charge in [0.1, 0.15) is 0 Å². The molecule has 1 atom stereocenters. The smallest absolute Gasteiger partial charge is 0.0469 e. The third-order valence-electron chi connectivity index (χ3n) is 3.33. The van der Waals surface area contributed by atoms with Gasteiger partial charge in [-0.3, -0.25) is 0 Å². The topological polar surface area (TPSA) is 21.3 Å². The van der Waals surface area contributed by atoms with Crippen LogP contribution in [0, 0.1) is 12.8 Å². The maximum atomic E-state index is 5.48. The molecule has 0 aliphatic heterocycles.